The molecule has 5 heteroatoms. The van der Waals surface area contributed by atoms with Gasteiger partial charge in [-0.15, -0.1) is 0 Å². The zero-order valence-corrected chi connectivity index (χ0v) is 15.3. The normalized spacial score (nSPS) is 12.2. The number of methoxy groups -OCH3 is 1. The number of carbonyl (C=O) groups excluding carboxylic acids is 1. The molecule has 2 aromatic carbocycles. The lowest BCUT2D eigenvalue weighted by Crippen LogP contribution is -2.34. The largest absolute Gasteiger partial charge is 0.497 e. The summed E-state index contributed by atoms with van der Waals surface area (Å²) in [6, 6.07) is 19.4. The van der Waals surface area contributed by atoms with Crippen molar-refractivity contribution >= 4 is 16.8 Å². The van der Waals surface area contributed by atoms with Gasteiger partial charge in [-0.3, -0.25) is 4.79 Å². The van der Waals surface area contributed by atoms with Crippen LogP contribution in [0.4, 0.5) is 0 Å². The van der Waals surface area contributed by atoms with Crippen LogP contribution in [0.3, 0.4) is 0 Å². The van der Waals surface area contributed by atoms with E-state index < -0.39 is 0 Å². The van der Waals surface area contributed by atoms with Gasteiger partial charge in [0.2, 0.25) is 0 Å². The molecular formula is C21H23N3O2. The van der Waals surface area contributed by atoms with Gasteiger partial charge in [0.25, 0.3) is 5.91 Å². The molecule has 0 aliphatic heterocycles. The van der Waals surface area contributed by atoms with E-state index in [0.717, 1.165) is 22.2 Å². The van der Waals surface area contributed by atoms with Crippen LogP contribution in [-0.4, -0.2) is 43.5 Å². The Morgan fingerprint density at radius 1 is 1.08 bits per heavy atom. The highest BCUT2D eigenvalue weighted by molar-refractivity contribution is 5.94. The number of hydrogen-bond donors (Lipinski definition) is 1. The van der Waals surface area contributed by atoms with Crippen LogP contribution in [0.15, 0.2) is 60.7 Å². The summed E-state index contributed by atoms with van der Waals surface area (Å²) < 4.78 is 5.21. The molecule has 0 radical (unpaired) electrons. The number of benzene rings is 2. The van der Waals surface area contributed by atoms with Crippen molar-refractivity contribution in [3.8, 4) is 5.75 Å². The molecule has 0 aliphatic carbocycles. The number of nitrogens with zero attached hydrogens (tertiary/aromatic N) is 2. The summed E-state index contributed by atoms with van der Waals surface area (Å²) in [7, 11) is 5.64. The molecule has 1 aromatic heterocycles. The molecule has 0 aliphatic rings. The molecule has 134 valence electrons. The number of pyridine rings is 1. The molecule has 3 aromatic rings. The maximum Gasteiger partial charge on any atom is 0.269 e. The highest BCUT2D eigenvalue weighted by Crippen LogP contribution is 2.21. The van der Waals surface area contributed by atoms with Gasteiger partial charge in [-0.2, -0.15) is 0 Å². The number of hydrogen-bond acceptors (Lipinski definition) is 4. The predicted molar refractivity (Wildman–Crippen MR) is 103 cm³/mol. The van der Waals surface area contributed by atoms with Crippen molar-refractivity contribution in [2.45, 2.75) is 6.04 Å². The van der Waals surface area contributed by atoms with Crippen molar-refractivity contribution in [3.63, 3.8) is 0 Å². The highest BCUT2D eigenvalue weighted by atomic mass is 16.5. The average molecular weight is 349 g/mol. The van der Waals surface area contributed by atoms with Crippen molar-refractivity contribution in [1.82, 2.24) is 15.2 Å². The van der Waals surface area contributed by atoms with Gasteiger partial charge in [0.15, 0.2) is 0 Å². The quantitative estimate of drug-likeness (QED) is 0.742. The summed E-state index contributed by atoms with van der Waals surface area (Å²) in [6.45, 7) is 0.493. The standard InChI is InChI=1S/C21H23N3O2/c1-24(2)20(16-8-11-17(26-3)12-9-16)14-22-21(25)19-13-10-15-6-4-5-7-18(15)23-19/h4-13,20H,14H2,1-3H3,(H,22,25). The van der Waals surface area contributed by atoms with E-state index in [1.807, 2.05) is 68.7 Å². The molecule has 1 heterocycles. The zero-order chi connectivity index (χ0) is 18.5. The number of amides is 1. The van der Waals surface area contributed by atoms with E-state index in [-0.39, 0.29) is 11.9 Å². The molecule has 0 saturated heterocycles. The molecular weight excluding hydrogens is 326 g/mol. The summed E-state index contributed by atoms with van der Waals surface area (Å²) in [4.78, 5) is 19.1. The lowest BCUT2D eigenvalue weighted by molar-refractivity contribution is 0.0937. The number of para-hydroxylation sites is 1. The van der Waals surface area contributed by atoms with Crippen molar-refractivity contribution in [3.05, 3.63) is 71.9 Å². The van der Waals surface area contributed by atoms with Gasteiger partial charge in [-0.1, -0.05) is 36.4 Å². The van der Waals surface area contributed by atoms with Crippen LogP contribution in [-0.2, 0) is 0 Å². The van der Waals surface area contributed by atoms with Gasteiger partial charge >= 0.3 is 0 Å². The third-order valence-corrected chi connectivity index (χ3v) is 4.41. The maximum absolute atomic E-state index is 12.5. The zero-order valence-electron chi connectivity index (χ0n) is 15.3. The summed E-state index contributed by atoms with van der Waals surface area (Å²) in [6.07, 6.45) is 0. The van der Waals surface area contributed by atoms with Crippen molar-refractivity contribution in [2.24, 2.45) is 0 Å². The van der Waals surface area contributed by atoms with Crippen LogP contribution in [0.1, 0.15) is 22.1 Å². The molecule has 1 atom stereocenters. The molecule has 1 amide bonds. The molecule has 3 rings (SSSR count). The number of ether oxygens (including phenoxy) is 1. The first-order valence-corrected chi connectivity index (χ1v) is 8.53. The smallest absolute Gasteiger partial charge is 0.269 e. The second-order valence-electron chi connectivity index (χ2n) is 6.35. The van der Waals surface area contributed by atoms with Gasteiger partial charge in [-0.05, 0) is 43.9 Å². The van der Waals surface area contributed by atoms with Gasteiger partial charge in [0.1, 0.15) is 11.4 Å². The summed E-state index contributed by atoms with van der Waals surface area (Å²) in [5.74, 6) is 0.645. The highest BCUT2D eigenvalue weighted by Gasteiger charge is 2.16. The van der Waals surface area contributed by atoms with E-state index in [1.54, 1.807) is 13.2 Å². The minimum absolute atomic E-state index is 0.0605. The minimum Gasteiger partial charge on any atom is -0.497 e. The monoisotopic (exact) mass is 349 g/mol. The Bertz CT molecular complexity index is 891. The Hall–Kier alpha value is -2.92. The van der Waals surface area contributed by atoms with E-state index in [9.17, 15) is 4.79 Å². The molecule has 1 N–H and O–H groups in total. The molecule has 5 nitrogen and oxygen atoms in total. The first-order valence-electron chi connectivity index (χ1n) is 8.53. The minimum atomic E-state index is -0.170. The summed E-state index contributed by atoms with van der Waals surface area (Å²) in [5, 5.41) is 4.02. The van der Waals surface area contributed by atoms with Gasteiger partial charge in [0.05, 0.1) is 18.7 Å². The van der Waals surface area contributed by atoms with E-state index in [2.05, 4.69) is 15.2 Å². The number of carbonyl (C=O) groups is 1. The SMILES string of the molecule is COc1ccc(C(CNC(=O)c2ccc3ccccc3n2)N(C)C)cc1. The third kappa shape index (κ3) is 4.00. The first-order chi connectivity index (χ1) is 12.6. The Balaban J connectivity index is 1.72. The van der Waals surface area contributed by atoms with Gasteiger partial charge < -0.3 is 15.0 Å². The Morgan fingerprint density at radius 3 is 2.50 bits per heavy atom. The predicted octanol–water partition coefficient (Wildman–Crippen LogP) is 3.28. The Morgan fingerprint density at radius 2 is 1.81 bits per heavy atom. The van der Waals surface area contributed by atoms with Crippen LogP contribution in [0.25, 0.3) is 10.9 Å². The number of fused-ring (bicyclic) bond motifs is 1. The fourth-order valence-electron chi connectivity index (χ4n) is 2.90. The lowest BCUT2D eigenvalue weighted by Gasteiger charge is -2.25. The van der Waals surface area contributed by atoms with Crippen LogP contribution < -0.4 is 10.1 Å². The number of nitrogens with one attached hydrogen (secondary N) is 1. The van der Waals surface area contributed by atoms with Crippen LogP contribution in [0, 0.1) is 0 Å². The summed E-state index contributed by atoms with van der Waals surface area (Å²) >= 11 is 0. The Kier molecular flexibility index (Phi) is 5.49. The van der Waals surface area contributed by atoms with Crippen molar-refractivity contribution < 1.29 is 9.53 Å². The molecule has 0 bridgehead atoms. The fourth-order valence-corrected chi connectivity index (χ4v) is 2.90. The maximum atomic E-state index is 12.5. The molecule has 1 unspecified atom stereocenters. The molecule has 0 spiro atoms. The molecule has 0 saturated carbocycles. The van der Waals surface area contributed by atoms with Crippen molar-refractivity contribution in [2.75, 3.05) is 27.7 Å². The molecule has 26 heavy (non-hydrogen) atoms. The second-order valence-corrected chi connectivity index (χ2v) is 6.35. The van der Waals surface area contributed by atoms with E-state index in [1.165, 1.54) is 0 Å². The second kappa shape index (κ2) is 7.97. The Labute approximate surface area is 153 Å². The van der Waals surface area contributed by atoms with Crippen LogP contribution >= 0.6 is 0 Å². The number of aromatic nitrogens is 1. The van der Waals surface area contributed by atoms with Gasteiger partial charge in [0, 0.05) is 11.9 Å². The van der Waals surface area contributed by atoms with E-state index >= 15 is 0 Å². The number of rotatable bonds is 6. The topological polar surface area (TPSA) is 54.5 Å². The third-order valence-electron chi connectivity index (χ3n) is 4.41. The first kappa shape index (κ1) is 17.9. The van der Waals surface area contributed by atoms with Crippen molar-refractivity contribution in [1.29, 1.82) is 0 Å². The average Bonchev–Trinajstić information content (AvgIpc) is 2.67. The van der Waals surface area contributed by atoms with Crippen LogP contribution in [0.5, 0.6) is 5.75 Å². The van der Waals surface area contributed by atoms with Crippen LogP contribution in [0.2, 0.25) is 0 Å². The van der Waals surface area contributed by atoms with E-state index in [4.69, 9.17) is 4.74 Å². The fraction of sp³-hybridized carbons (Fsp3) is 0.238. The number of likely N-dealkylation sites (N-methyl/N-ethyl adjacent to an activating group) is 1. The molecule has 0 fully saturated rings. The summed E-state index contributed by atoms with van der Waals surface area (Å²) in [5.41, 5.74) is 2.36. The van der Waals surface area contributed by atoms with E-state index in [0.29, 0.717) is 12.2 Å². The lowest BCUT2D eigenvalue weighted by atomic mass is 10.1. The van der Waals surface area contributed by atoms with Gasteiger partial charge in [-0.25, -0.2) is 4.98 Å².